The summed E-state index contributed by atoms with van der Waals surface area (Å²) < 4.78 is 2.08. The molecule has 1 saturated heterocycles. The van der Waals surface area contributed by atoms with Gasteiger partial charge in [-0.15, -0.1) is 11.3 Å². The molecule has 2 aromatic heterocycles. The smallest absolute Gasteiger partial charge is 0.193 e. The van der Waals surface area contributed by atoms with E-state index in [1.165, 1.54) is 12.8 Å². The topological polar surface area (TPSA) is 40.8 Å². The summed E-state index contributed by atoms with van der Waals surface area (Å²) in [6.07, 6.45) is 8.35. The van der Waals surface area contributed by atoms with E-state index in [2.05, 4.69) is 32.8 Å². The molecule has 3 heterocycles. The van der Waals surface area contributed by atoms with Crippen molar-refractivity contribution in [2.24, 2.45) is 0 Å². The van der Waals surface area contributed by atoms with Crippen LogP contribution in [0.3, 0.4) is 0 Å². The van der Waals surface area contributed by atoms with Gasteiger partial charge in [0.1, 0.15) is 0 Å². The Balaban J connectivity index is 1.74. The summed E-state index contributed by atoms with van der Waals surface area (Å²) in [6, 6.07) is 0.304. The normalized spacial score (nSPS) is 22.9. The van der Waals surface area contributed by atoms with Crippen LogP contribution in [0.5, 0.6) is 0 Å². The number of aromatic nitrogens is 2. The lowest BCUT2D eigenvalue weighted by molar-refractivity contribution is 0.0190. The highest BCUT2D eigenvalue weighted by atomic mass is 32.1. The fraction of sp³-hybridized carbons (Fsp3) is 0.643. The van der Waals surface area contributed by atoms with Crippen molar-refractivity contribution in [1.82, 2.24) is 14.3 Å². The van der Waals surface area contributed by atoms with E-state index in [1.54, 1.807) is 11.3 Å². The lowest BCUT2D eigenvalue weighted by atomic mass is 9.96. The predicted octanol–water partition coefficient (Wildman–Crippen LogP) is 2.52. The molecule has 3 rings (SSSR count). The largest absolute Gasteiger partial charge is 0.392 e. The number of aliphatic hydroxyl groups is 1. The quantitative estimate of drug-likeness (QED) is 0.935. The Bertz CT molecular complexity index is 507. The Morgan fingerprint density at radius 2 is 2.42 bits per heavy atom. The third kappa shape index (κ3) is 2.68. The average Bonchev–Trinajstić information content (AvgIpc) is 2.99. The van der Waals surface area contributed by atoms with Crippen LogP contribution in [0.2, 0.25) is 0 Å². The minimum atomic E-state index is -0.205. The number of nitrogens with zero attached hydrogens (tertiary/aromatic N) is 3. The molecule has 4 nitrogen and oxygen atoms in total. The van der Waals surface area contributed by atoms with E-state index in [4.69, 9.17) is 0 Å². The van der Waals surface area contributed by atoms with Gasteiger partial charge >= 0.3 is 0 Å². The van der Waals surface area contributed by atoms with Crippen LogP contribution in [-0.4, -0.2) is 38.1 Å². The van der Waals surface area contributed by atoms with E-state index in [1.807, 2.05) is 6.20 Å². The highest BCUT2D eigenvalue weighted by molar-refractivity contribution is 7.15. The van der Waals surface area contributed by atoms with Crippen molar-refractivity contribution >= 4 is 16.3 Å². The molecule has 2 aromatic rings. The van der Waals surface area contributed by atoms with Gasteiger partial charge in [0.05, 0.1) is 11.8 Å². The minimum absolute atomic E-state index is 0.205. The Labute approximate surface area is 117 Å². The molecule has 2 unspecified atom stereocenters. The van der Waals surface area contributed by atoms with E-state index in [-0.39, 0.29) is 6.10 Å². The van der Waals surface area contributed by atoms with E-state index in [0.29, 0.717) is 6.04 Å². The highest BCUT2D eigenvalue weighted by Gasteiger charge is 2.28. The molecular weight excluding hydrogens is 258 g/mol. The number of rotatable bonds is 4. The second kappa shape index (κ2) is 5.61. The number of piperidine rings is 1. The molecule has 1 fully saturated rings. The first-order valence-electron chi connectivity index (χ1n) is 7.11. The van der Waals surface area contributed by atoms with E-state index in [0.717, 1.165) is 36.6 Å². The number of hydrogen-bond donors (Lipinski definition) is 1. The lowest BCUT2D eigenvalue weighted by Crippen LogP contribution is -2.46. The van der Waals surface area contributed by atoms with Crippen LogP contribution in [0.25, 0.3) is 4.96 Å². The monoisotopic (exact) mass is 279 g/mol. The molecule has 0 aromatic carbocycles. The van der Waals surface area contributed by atoms with Crippen LogP contribution in [0.1, 0.15) is 38.3 Å². The standard InChI is InChI=1S/C14H21N3OS/c1-2-13(18)12-5-3-4-6-16(12)9-11-10-17-7-8-19-14(17)15-11/h7-8,10,12-13,18H,2-6,9H2,1H3. The van der Waals surface area contributed by atoms with E-state index >= 15 is 0 Å². The third-order valence-corrected chi connectivity index (χ3v) is 4.81. The SMILES string of the molecule is CCC(O)C1CCCCN1Cc1cn2ccsc2n1. The summed E-state index contributed by atoms with van der Waals surface area (Å²) in [4.78, 5) is 8.11. The van der Waals surface area contributed by atoms with Gasteiger partial charge in [-0.1, -0.05) is 13.3 Å². The Kier molecular flexibility index (Phi) is 3.86. The number of aliphatic hydroxyl groups excluding tert-OH is 1. The van der Waals surface area contributed by atoms with Gasteiger partial charge in [-0.05, 0) is 25.8 Å². The molecule has 0 bridgehead atoms. The van der Waals surface area contributed by atoms with Gasteiger partial charge < -0.3 is 5.11 Å². The Morgan fingerprint density at radius 1 is 1.53 bits per heavy atom. The maximum atomic E-state index is 10.2. The first kappa shape index (κ1) is 13.1. The summed E-state index contributed by atoms with van der Waals surface area (Å²) in [7, 11) is 0. The molecule has 0 spiro atoms. The first-order valence-corrected chi connectivity index (χ1v) is 7.99. The molecule has 1 N–H and O–H groups in total. The average molecular weight is 279 g/mol. The first-order chi connectivity index (χ1) is 9.28. The van der Waals surface area contributed by atoms with Gasteiger partial charge in [-0.25, -0.2) is 4.98 Å². The minimum Gasteiger partial charge on any atom is -0.392 e. The number of fused-ring (bicyclic) bond motifs is 1. The van der Waals surface area contributed by atoms with Gasteiger partial charge in [0.2, 0.25) is 0 Å². The van der Waals surface area contributed by atoms with Crippen LogP contribution in [0.15, 0.2) is 17.8 Å². The highest BCUT2D eigenvalue weighted by Crippen LogP contribution is 2.23. The predicted molar refractivity (Wildman–Crippen MR) is 77.4 cm³/mol. The number of thiazole rings is 1. The zero-order valence-electron chi connectivity index (χ0n) is 11.3. The molecule has 0 aliphatic carbocycles. The van der Waals surface area contributed by atoms with Gasteiger partial charge in [0.15, 0.2) is 4.96 Å². The molecule has 104 valence electrons. The molecule has 2 atom stereocenters. The maximum Gasteiger partial charge on any atom is 0.193 e. The van der Waals surface area contributed by atoms with Crippen molar-refractivity contribution in [2.45, 2.75) is 51.3 Å². The van der Waals surface area contributed by atoms with Crippen molar-refractivity contribution < 1.29 is 5.11 Å². The lowest BCUT2D eigenvalue weighted by Gasteiger charge is -2.37. The van der Waals surface area contributed by atoms with Crippen LogP contribution in [0, 0.1) is 0 Å². The number of hydrogen-bond acceptors (Lipinski definition) is 4. The maximum absolute atomic E-state index is 10.2. The van der Waals surface area contributed by atoms with Crippen molar-refractivity contribution in [3.05, 3.63) is 23.5 Å². The molecule has 0 amide bonds. The second-order valence-electron chi connectivity index (χ2n) is 5.33. The molecular formula is C14H21N3OS. The Morgan fingerprint density at radius 3 is 3.21 bits per heavy atom. The second-order valence-corrected chi connectivity index (χ2v) is 6.21. The van der Waals surface area contributed by atoms with E-state index in [9.17, 15) is 5.11 Å². The molecule has 0 saturated carbocycles. The van der Waals surface area contributed by atoms with Crippen molar-refractivity contribution in [3.8, 4) is 0 Å². The van der Waals surface area contributed by atoms with Gasteiger partial charge in [-0.3, -0.25) is 9.30 Å². The van der Waals surface area contributed by atoms with Crippen molar-refractivity contribution in [3.63, 3.8) is 0 Å². The summed E-state index contributed by atoms with van der Waals surface area (Å²) in [5.41, 5.74) is 1.11. The zero-order chi connectivity index (χ0) is 13.2. The number of imidazole rings is 1. The van der Waals surface area contributed by atoms with Crippen molar-refractivity contribution in [1.29, 1.82) is 0 Å². The summed E-state index contributed by atoms with van der Waals surface area (Å²) >= 11 is 1.67. The summed E-state index contributed by atoms with van der Waals surface area (Å²) in [6.45, 7) is 3.99. The third-order valence-electron chi connectivity index (χ3n) is 4.03. The van der Waals surface area contributed by atoms with Crippen LogP contribution < -0.4 is 0 Å². The summed E-state index contributed by atoms with van der Waals surface area (Å²) in [5.74, 6) is 0. The van der Waals surface area contributed by atoms with Gasteiger partial charge in [-0.2, -0.15) is 0 Å². The van der Waals surface area contributed by atoms with Crippen LogP contribution in [-0.2, 0) is 6.54 Å². The van der Waals surface area contributed by atoms with Crippen LogP contribution in [0.4, 0.5) is 0 Å². The fourth-order valence-electron chi connectivity index (χ4n) is 2.98. The van der Waals surface area contributed by atoms with Crippen molar-refractivity contribution in [2.75, 3.05) is 6.54 Å². The zero-order valence-corrected chi connectivity index (χ0v) is 12.1. The molecule has 0 radical (unpaired) electrons. The molecule has 1 aliphatic heterocycles. The Hall–Kier alpha value is -0.910. The fourth-order valence-corrected chi connectivity index (χ4v) is 3.70. The molecule has 1 aliphatic rings. The van der Waals surface area contributed by atoms with Gasteiger partial charge in [0.25, 0.3) is 0 Å². The van der Waals surface area contributed by atoms with E-state index < -0.39 is 0 Å². The van der Waals surface area contributed by atoms with Crippen LogP contribution >= 0.6 is 11.3 Å². The molecule has 5 heteroatoms. The van der Waals surface area contributed by atoms with Gasteiger partial charge in [0, 0.05) is 30.4 Å². The summed E-state index contributed by atoms with van der Waals surface area (Å²) in [5, 5.41) is 12.2. The molecule has 19 heavy (non-hydrogen) atoms. The number of likely N-dealkylation sites (tertiary alicyclic amines) is 1.